The van der Waals surface area contributed by atoms with Gasteiger partial charge >= 0.3 is 0 Å². The Morgan fingerprint density at radius 3 is 1.19 bits per heavy atom. The van der Waals surface area contributed by atoms with E-state index in [0.29, 0.717) is 12.8 Å². The van der Waals surface area contributed by atoms with Crippen LogP contribution in [0, 0.1) is 0 Å². The van der Waals surface area contributed by atoms with Gasteiger partial charge in [0.05, 0.1) is 25.4 Å². The summed E-state index contributed by atoms with van der Waals surface area (Å²) in [7, 11) is 0. The predicted molar refractivity (Wildman–Crippen MR) is 304 cm³/mol. The summed E-state index contributed by atoms with van der Waals surface area (Å²) in [6.45, 7) is 3.87. The van der Waals surface area contributed by atoms with Crippen molar-refractivity contribution in [1.29, 1.82) is 0 Å². The van der Waals surface area contributed by atoms with Crippen LogP contribution in [-0.2, 0) is 14.3 Å². The van der Waals surface area contributed by atoms with Crippen LogP contribution in [0.25, 0.3) is 0 Å². The number of aliphatic hydroxyl groups is 5. The summed E-state index contributed by atoms with van der Waals surface area (Å²) in [6, 6.07) is -0.716. The molecule has 0 spiro atoms. The molecular formula is C63H121NO8. The number of allylic oxidation sites excluding steroid dienone is 4. The molecule has 1 fully saturated rings. The molecule has 1 aliphatic rings. The van der Waals surface area contributed by atoms with Crippen molar-refractivity contribution in [3.8, 4) is 0 Å². The zero-order chi connectivity index (χ0) is 52.2. The van der Waals surface area contributed by atoms with Gasteiger partial charge in [-0.15, -0.1) is 0 Å². The van der Waals surface area contributed by atoms with Crippen molar-refractivity contribution in [2.24, 2.45) is 0 Å². The minimum absolute atomic E-state index is 0.134. The first-order valence-electron chi connectivity index (χ1n) is 31.5. The molecule has 0 saturated carbocycles. The Morgan fingerprint density at radius 1 is 0.472 bits per heavy atom. The third kappa shape index (κ3) is 41.9. The molecule has 1 saturated heterocycles. The lowest BCUT2D eigenvalue weighted by atomic mass is 9.99. The summed E-state index contributed by atoms with van der Waals surface area (Å²) in [6.07, 6.45) is 60.9. The van der Waals surface area contributed by atoms with Crippen LogP contribution in [0.5, 0.6) is 0 Å². The first kappa shape index (κ1) is 68.7. The summed E-state index contributed by atoms with van der Waals surface area (Å²) < 4.78 is 11.3. The number of hydrogen-bond acceptors (Lipinski definition) is 8. The molecule has 7 unspecified atom stereocenters. The van der Waals surface area contributed by atoms with Crippen LogP contribution in [0.2, 0.25) is 0 Å². The maximum Gasteiger partial charge on any atom is 0.220 e. The van der Waals surface area contributed by atoms with Gasteiger partial charge in [0.2, 0.25) is 5.91 Å². The fraction of sp³-hybridized carbons (Fsp3) is 0.921. The van der Waals surface area contributed by atoms with Crippen molar-refractivity contribution in [3.63, 3.8) is 0 Å². The lowest BCUT2D eigenvalue weighted by Gasteiger charge is -2.40. The van der Waals surface area contributed by atoms with Crippen molar-refractivity contribution in [1.82, 2.24) is 5.32 Å². The largest absolute Gasteiger partial charge is 0.394 e. The minimum atomic E-state index is -1.55. The van der Waals surface area contributed by atoms with E-state index in [-0.39, 0.29) is 12.5 Å². The molecule has 1 aliphatic heterocycles. The lowest BCUT2D eigenvalue weighted by molar-refractivity contribution is -0.302. The van der Waals surface area contributed by atoms with Crippen molar-refractivity contribution in [2.45, 2.75) is 358 Å². The van der Waals surface area contributed by atoms with Crippen molar-refractivity contribution < 1.29 is 39.8 Å². The number of unbranched alkanes of at least 4 members (excludes halogenated alkanes) is 41. The molecule has 6 N–H and O–H groups in total. The molecular weight excluding hydrogens is 899 g/mol. The Hall–Kier alpha value is -1.33. The fourth-order valence-electron chi connectivity index (χ4n) is 10.3. The quantitative estimate of drug-likeness (QED) is 0.0261. The molecule has 7 atom stereocenters. The Labute approximate surface area is 445 Å². The highest BCUT2D eigenvalue weighted by atomic mass is 16.7. The zero-order valence-corrected chi connectivity index (χ0v) is 47.5. The number of nitrogens with one attached hydrogen (secondary N) is 1. The number of aliphatic hydroxyl groups excluding tert-OH is 5. The van der Waals surface area contributed by atoms with Crippen LogP contribution in [0.4, 0.5) is 0 Å². The van der Waals surface area contributed by atoms with Gasteiger partial charge in [-0.05, 0) is 44.9 Å². The van der Waals surface area contributed by atoms with E-state index in [9.17, 15) is 30.3 Å². The van der Waals surface area contributed by atoms with Gasteiger partial charge in [-0.2, -0.15) is 0 Å². The first-order chi connectivity index (χ1) is 35.3. The summed E-state index contributed by atoms with van der Waals surface area (Å²) in [5.41, 5.74) is 0. The highest BCUT2D eigenvalue weighted by Crippen LogP contribution is 2.23. The van der Waals surface area contributed by atoms with Crippen LogP contribution in [0.15, 0.2) is 24.3 Å². The van der Waals surface area contributed by atoms with Gasteiger partial charge in [0.1, 0.15) is 24.4 Å². The number of hydrogen-bond donors (Lipinski definition) is 6. The average molecular weight is 1020 g/mol. The molecule has 0 aromatic carbocycles. The molecule has 1 amide bonds. The highest BCUT2D eigenvalue weighted by molar-refractivity contribution is 5.76. The number of rotatable bonds is 55. The second-order valence-corrected chi connectivity index (χ2v) is 22.2. The van der Waals surface area contributed by atoms with Gasteiger partial charge in [0, 0.05) is 6.42 Å². The van der Waals surface area contributed by atoms with Crippen LogP contribution in [-0.4, -0.2) is 87.5 Å². The molecule has 1 heterocycles. The first-order valence-corrected chi connectivity index (χ1v) is 31.5. The van der Waals surface area contributed by atoms with E-state index in [4.69, 9.17) is 9.47 Å². The monoisotopic (exact) mass is 1020 g/mol. The Balaban J connectivity index is 2.07. The van der Waals surface area contributed by atoms with E-state index in [0.717, 1.165) is 44.9 Å². The smallest absolute Gasteiger partial charge is 0.220 e. The molecule has 0 aromatic rings. The average Bonchev–Trinajstić information content (AvgIpc) is 3.38. The van der Waals surface area contributed by atoms with E-state index < -0.39 is 49.5 Å². The third-order valence-corrected chi connectivity index (χ3v) is 15.3. The van der Waals surface area contributed by atoms with E-state index in [1.54, 1.807) is 0 Å². The summed E-state index contributed by atoms with van der Waals surface area (Å²) in [4.78, 5) is 13.1. The molecule has 426 valence electrons. The van der Waals surface area contributed by atoms with Crippen LogP contribution in [0.1, 0.15) is 316 Å². The topological polar surface area (TPSA) is 149 Å². The molecule has 9 nitrogen and oxygen atoms in total. The molecule has 72 heavy (non-hydrogen) atoms. The maximum atomic E-state index is 13.1. The van der Waals surface area contributed by atoms with Crippen molar-refractivity contribution >= 4 is 5.91 Å². The van der Waals surface area contributed by atoms with E-state index in [2.05, 4.69) is 43.5 Å². The fourth-order valence-corrected chi connectivity index (χ4v) is 10.3. The Morgan fingerprint density at radius 2 is 0.819 bits per heavy atom. The molecule has 0 radical (unpaired) electrons. The minimum Gasteiger partial charge on any atom is -0.394 e. The van der Waals surface area contributed by atoms with Crippen LogP contribution >= 0.6 is 0 Å². The predicted octanol–water partition coefficient (Wildman–Crippen LogP) is 16.1. The van der Waals surface area contributed by atoms with Crippen molar-refractivity contribution in [3.05, 3.63) is 24.3 Å². The SMILES string of the molecule is CCCCCCCCCCCCC/C=C\C/C=C\CCCCCCCCCCCCCCCCCCCC(=O)NC(COC1OC(CO)C(O)C(O)C1O)C(O)CCCCCCCCCCCCCCCC. The van der Waals surface area contributed by atoms with E-state index in [1.807, 2.05) is 0 Å². The lowest BCUT2D eigenvalue weighted by Crippen LogP contribution is -2.60. The molecule has 0 aromatic heterocycles. The van der Waals surface area contributed by atoms with E-state index in [1.165, 1.54) is 244 Å². The molecule has 1 rings (SSSR count). The number of carbonyl (C=O) groups is 1. The van der Waals surface area contributed by atoms with Gasteiger partial charge in [0.15, 0.2) is 6.29 Å². The number of amides is 1. The standard InChI is InChI=1S/C63H121NO8/c1-3-5-7-9-11-13-15-17-19-20-21-22-23-24-25-26-27-28-29-30-31-32-33-34-35-36-37-38-39-41-43-45-47-49-51-53-59(67)64-56(55-71-63-62(70)61(69)60(68)58(54-65)72-63)57(66)52-50-48-46-44-42-40-18-16-14-12-10-8-6-4-2/h23-24,26-27,56-58,60-63,65-66,68-70H,3-22,25,28-55H2,1-2H3,(H,64,67)/b24-23-,27-26-. The molecule has 9 heteroatoms. The van der Waals surface area contributed by atoms with Gasteiger partial charge in [0.25, 0.3) is 0 Å². The maximum absolute atomic E-state index is 13.1. The molecule has 0 bridgehead atoms. The van der Waals surface area contributed by atoms with Gasteiger partial charge in [-0.1, -0.05) is 289 Å². The van der Waals surface area contributed by atoms with Crippen LogP contribution in [0.3, 0.4) is 0 Å². The highest BCUT2D eigenvalue weighted by Gasteiger charge is 2.44. The second kappa shape index (κ2) is 53.1. The summed E-state index contributed by atoms with van der Waals surface area (Å²) >= 11 is 0. The van der Waals surface area contributed by atoms with Gasteiger partial charge in [-0.25, -0.2) is 0 Å². The Kier molecular flexibility index (Phi) is 50.6. The third-order valence-electron chi connectivity index (χ3n) is 15.3. The van der Waals surface area contributed by atoms with Gasteiger partial charge < -0.3 is 40.3 Å². The molecule has 0 aliphatic carbocycles. The normalized spacial score (nSPS) is 19.2. The van der Waals surface area contributed by atoms with Crippen LogP contribution < -0.4 is 5.32 Å². The summed E-state index contributed by atoms with van der Waals surface area (Å²) in [5.74, 6) is -0.140. The Bertz CT molecular complexity index is 1180. The number of ether oxygens (including phenoxy) is 2. The van der Waals surface area contributed by atoms with E-state index >= 15 is 0 Å². The number of carbonyl (C=O) groups excluding carboxylic acids is 1. The second-order valence-electron chi connectivity index (χ2n) is 22.2. The van der Waals surface area contributed by atoms with Gasteiger partial charge in [-0.3, -0.25) is 4.79 Å². The van der Waals surface area contributed by atoms with Crippen molar-refractivity contribution in [2.75, 3.05) is 13.2 Å². The summed E-state index contributed by atoms with van der Waals surface area (Å²) in [5, 5.41) is 54.7. The zero-order valence-electron chi connectivity index (χ0n) is 47.5.